The zero-order chi connectivity index (χ0) is 14.4. The molecular formula is C14H18N2O3. The molecule has 1 rings (SSSR count). The third-order valence-corrected chi connectivity index (χ3v) is 2.67. The number of likely N-dealkylation sites (N-methyl/N-ethyl adjacent to an activating group) is 1. The maximum absolute atomic E-state index is 11.9. The minimum atomic E-state index is -0.485. The minimum Gasteiger partial charge on any atom is -0.456 e. The summed E-state index contributed by atoms with van der Waals surface area (Å²) < 4.78 is 4.70. The van der Waals surface area contributed by atoms with Crippen LogP contribution in [-0.4, -0.2) is 32.1 Å². The first-order chi connectivity index (χ1) is 8.97. The number of nitrogens with zero attached hydrogens (tertiary/aromatic N) is 1. The number of rotatable bonds is 5. The number of hydrogen-bond acceptors (Lipinski definition) is 4. The van der Waals surface area contributed by atoms with Crippen LogP contribution in [0.3, 0.4) is 0 Å². The van der Waals surface area contributed by atoms with Crippen molar-refractivity contribution >= 4 is 23.1 Å². The third-order valence-electron chi connectivity index (χ3n) is 2.67. The fourth-order valence-electron chi connectivity index (χ4n) is 1.57. The molecule has 19 heavy (non-hydrogen) atoms. The van der Waals surface area contributed by atoms with Crippen LogP contribution < -0.4 is 10.6 Å². The highest BCUT2D eigenvalue weighted by Gasteiger charge is 2.16. The minimum absolute atomic E-state index is 0.282. The van der Waals surface area contributed by atoms with Crippen molar-refractivity contribution in [1.29, 1.82) is 0 Å². The highest BCUT2D eigenvalue weighted by molar-refractivity contribution is 5.97. The monoisotopic (exact) mass is 262 g/mol. The van der Waals surface area contributed by atoms with Crippen molar-refractivity contribution in [2.45, 2.75) is 6.92 Å². The number of anilines is 1. The molecule has 0 bridgehead atoms. The van der Waals surface area contributed by atoms with Crippen LogP contribution in [0, 0.1) is 0 Å². The number of ether oxygens (including phenoxy) is 1. The standard InChI is InChI=1S/C14H18N2O3/c1-10(8-15)12-6-4-5-7-13(12)16(3)14(18)9-19-11(2)17/h4-7H,1,8-9,15H2,2-3H3. The lowest BCUT2D eigenvalue weighted by Crippen LogP contribution is -2.31. The van der Waals surface area contributed by atoms with E-state index in [1.54, 1.807) is 13.1 Å². The van der Waals surface area contributed by atoms with Gasteiger partial charge >= 0.3 is 5.97 Å². The summed E-state index contributed by atoms with van der Waals surface area (Å²) in [5, 5.41) is 0. The molecule has 1 aromatic carbocycles. The van der Waals surface area contributed by atoms with Crippen LogP contribution >= 0.6 is 0 Å². The van der Waals surface area contributed by atoms with Gasteiger partial charge in [0.15, 0.2) is 6.61 Å². The van der Waals surface area contributed by atoms with Gasteiger partial charge in [0, 0.05) is 26.1 Å². The lowest BCUT2D eigenvalue weighted by Gasteiger charge is -2.21. The number of carbonyl (C=O) groups is 2. The zero-order valence-corrected chi connectivity index (χ0v) is 11.2. The summed E-state index contributed by atoms with van der Waals surface area (Å²) in [7, 11) is 1.62. The van der Waals surface area contributed by atoms with Gasteiger partial charge in [0.2, 0.25) is 0 Å². The van der Waals surface area contributed by atoms with E-state index in [0.717, 1.165) is 11.1 Å². The van der Waals surface area contributed by atoms with Crippen LogP contribution in [0.4, 0.5) is 5.69 Å². The van der Waals surface area contributed by atoms with Crippen LogP contribution in [-0.2, 0) is 14.3 Å². The fraction of sp³-hybridized carbons (Fsp3) is 0.286. The van der Waals surface area contributed by atoms with Crippen LogP contribution in [0.15, 0.2) is 30.8 Å². The van der Waals surface area contributed by atoms with Crippen molar-refractivity contribution in [2.75, 3.05) is 25.1 Å². The van der Waals surface area contributed by atoms with Crippen LogP contribution in [0.5, 0.6) is 0 Å². The number of benzene rings is 1. The molecule has 1 amide bonds. The molecule has 0 aliphatic carbocycles. The van der Waals surface area contributed by atoms with E-state index in [1.807, 2.05) is 18.2 Å². The van der Waals surface area contributed by atoms with E-state index in [-0.39, 0.29) is 12.5 Å². The lowest BCUT2D eigenvalue weighted by molar-refractivity contribution is -0.145. The topological polar surface area (TPSA) is 72.6 Å². The van der Waals surface area contributed by atoms with Gasteiger partial charge in [-0.25, -0.2) is 0 Å². The second-order valence-electron chi connectivity index (χ2n) is 4.06. The molecule has 2 N–H and O–H groups in total. The molecule has 0 heterocycles. The molecule has 102 valence electrons. The van der Waals surface area contributed by atoms with Crippen LogP contribution in [0.2, 0.25) is 0 Å². The molecule has 5 heteroatoms. The number of esters is 1. The van der Waals surface area contributed by atoms with Gasteiger partial charge in [-0.3, -0.25) is 9.59 Å². The Hall–Kier alpha value is -2.14. The van der Waals surface area contributed by atoms with E-state index in [1.165, 1.54) is 11.8 Å². The van der Waals surface area contributed by atoms with E-state index >= 15 is 0 Å². The van der Waals surface area contributed by atoms with Crippen molar-refractivity contribution in [2.24, 2.45) is 5.73 Å². The summed E-state index contributed by atoms with van der Waals surface area (Å²) in [5.74, 6) is -0.797. The second kappa shape index (κ2) is 6.70. The normalized spacial score (nSPS) is 9.84. The SMILES string of the molecule is C=C(CN)c1ccccc1N(C)C(=O)COC(C)=O. The Kier molecular flexibility index (Phi) is 5.26. The maximum Gasteiger partial charge on any atom is 0.303 e. The fourth-order valence-corrected chi connectivity index (χ4v) is 1.57. The van der Waals surface area contributed by atoms with Crippen LogP contribution in [0.25, 0.3) is 5.57 Å². The van der Waals surface area contributed by atoms with Crippen molar-refractivity contribution in [3.05, 3.63) is 36.4 Å². The van der Waals surface area contributed by atoms with E-state index in [4.69, 9.17) is 10.5 Å². The Labute approximate surface area is 112 Å². The molecule has 0 aromatic heterocycles. The van der Waals surface area contributed by atoms with E-state index in [2.05, 4.69) is 6.58 Å². The highest BCUT2D eigenvalue weighted by Crippen LogP contribution is 2.24. The quantitative estimate of drug-likeness (QED) is 0.809. The summed E-state index contributed by atoms with van der Waals surface area (Å²) in [6.07, 6.45) is 0. The molecule has 0 aliphatic heterocycles. The largest absolute Gasteiger partial charge is 0.456 e. The van der Waals surface area contributed by atoms with Crippen molar-refractivity contribution < 1.29 is 14.3 Å². The molecular weight excluding hydrogens is 244 g/mol. The highest BCUT2D eigenvalue weighted by atomic mass is 16.5. The molecule has 0 spiro atoms. The van der Waals surface area contributed by atoms with E-state index in [0.29, 0.717) is 12.2 Å². The average Bonchev–Trinajstić information content (AvgIpc) is 2.42. The van der Waals surface area contributed by atoms with Gasteiger partial charge in [0.25, 0.3) is 5.91 Å². The number of carbonyl (C=O) groups excluding carboxylic acids is 2. The third kappa shape index (κ3) is 3.93. The maximum atomic E-state index is 11.9. The van der Waals surface area contributed by atoms with Gasteiger partial charge in [-0.05, 0) is 11.6 Å². The van der Waals surface area contributed by atoms with Crippen molar-refractivity contribution in [3.63, 3.8) is 0 Å². The van der Waals surface area contributed by atoms with Gasteiger partial charge in [-0.1, -0.05) is 24.8 Å². The van der Waals surface area contributed by atoms with Gasteiger partial charge in [-0.2, -0.15) is 0 Å². The molecule has 0 unspecified atom stereocenters. The Morgan fingerprint density at radius 1 is 1.37 bits per heavy atom. The van der Waals surface area contributed by atoms with Crippen molar-refractivity contribution in [3.8, 4) is 0 Å². The number of amides is 1. The number of nitrogens with two attached hydrogens (primary N) is 1. The first kappa shape index (κ1) is 14.9. The van der Waals surface area contributed by atoms with Gasteiger partial charge in [0.05, 0.1) is 5.69 Å². The molecule has 5 nitrogen and oxygen atoms in total. The van der Waals surface area contributed by atoms with E-state index < -0.39 is 5.97 Å². The molecule has 0 saturated heterocycles. The Morgan fingerprint density at radius 2 is 2.00 bits per heavy atom. The summed E-state index contributed by atoms with van der Waals surface area (Å²) in [5.41, 5.74) is 7.81. The molecule has 0 atom stereocenters. The zero-order valence-electron chi connectivity index (χ0n) is 11.2. The second-order valence-corrected chi connectivity index (χ2v) is 4.06. The predicted molar refractivity (Wildman–Crippen MR) is 74.6 cm³/mol. The summed E-state index contributed by atoms with van der Waals surface area (Å²) >= 11 is 0. The predicted octanol–water partition coefficient (Wildman–Crippen LogP) is 1.18. The van der Waals surface area contributed by atoms with E-state index in [9.17, 15) is 9.59 Å². The first-order valence-corrected chi connectivity index (χ1v) is 5.84. The first-order valence-electron chi connectivity index (χ1n) is 5.84. The summed E-state index contributed by atoms with van der Waals surface area (Å²) in [6.45, 7) is 5.16. The molecule has 0 aliphatic rings. The summed E-state index contributed by atoms with van der Waals surface area (Å²) in [6, 6.07) is 7.31. The van der Waals surface area contributed by atoms with Gasteiger partial charge in [0.1, 0.15) is 0 Å². The molecule has 0 fully saturated rings. The smallest absolute Gasteiger partial charge is 0.303 e. The molecule has 0 radical (unpaired) electrons. The Morgan fingerprint density at radius 3 is 2.58 bits per heavy atom. The lowest BCUT2D eigenvalue weighted by atomic mass is 10.0. The summed E-state index contributed by atoms with van der Waals surface area (Å²) in [4.78, 5) is 24.0. The van der Waals surface area contributed by atoms with Crippen molar-refractivity contribution in [1.82, 2.24) is 0 Å². The Balaban J connectivity index is 2.93. The van der Waals surface area contributed by atoms with Crippen LogP contribution in [0.1, 0.15) is 12.5 Å². The Bertz CT molecular complexity index is 497. The molecule has 1 aromatic rings. The number of para-hydroxylation sites is 1. The number of hydrogen-bond donors (Lipinski definition) is 1. The van der Waals surface area contributed by atoms with Gasteiger partial charge in [-0.15, -0.1) is 0 Å². The van der Waals surface area contributed by atoms with Gasteiger partial charge < -0.3 is 15.4 Å². The average molecular weight is 262 g/mol. The molecule has 0 saturated carbocycles.